The van der Waals surface area contributed by atoms with Gasteiger partial charge in [-0.25, -0.2) is 8.78 Å². The van der Waals surface area contributed by atoms with E-state index >= 15 is 0 Å². The molecule has 2 unspecified atom stereocenters. The fraction of sp³-hybridized carbons (Fsp3) is 0.600. The summed E-state index contributed by atoms with van der Waals surface area (Å²) < 4.78 is 26.2. The van der Waals surface area contributed by atoms with Crippen LogP contribution >= 0.6 is 31.9 Å². The molecule has 0 amide bonds. The van der Waals surface area contributed by atoms with Crippen LogP contribution in [0.2, 0.25) is 0 Å². The van der Waals surface area contributed by atoms with Crippen LogP contribution in [0.4, 0.5) is 8.78 Å². The Morgan fingerprint density at radius 3 is 2.21 bits per heavy atom. The first-order chi connectivity index (χ1) is 8.99. The van der Waals surface area contributed by atoms with E-state index in [2.05, 4.69) is 38.8 Å². The van der Waals surface area contributed by atoms with Gasteiger partial charge in [-0.2, -0.15) is 0 Å². The average Bonchev–Trinajstić information content (AvgIpc) is 2.41. The van der Waals surface area contributed by atoms with Gasteiger partial charge in [-0.05, 0) is 55.2 Å². The minimum atomic E-state index is -0.758. The van der Waals surface area contributed by atoms with E-state index in [4.69, 9.17) is 0 Å². The van der Waals surface area contributed by atoms with Crippen molar-refractivity contribution in [2.24, 2.45) is 5.92 Å². The summed E-state index contributed by atoms with van der Waals surface area (Å²) in [6, 6.07) is 4.33. The minimum absolute atomic E-state index is 0.372. The molecule has 1 aliphatic carbocycles. The molecular formula is C15H18Br2F2. The molecule has 1 aromatic rings. The maximum absolute atomic E-state index is 13.3. The van der Waals surface area contributed by atoms with Crippen LogP contribution in [0.3, 0.4) is 0 Å². The second kappa shape index (κ2) is 6.66. The Kier molecular flexibility index (Phi) is 5.41. The maximum Gasteiger partial charge on any atom is 0.159 e. The van der Waals surface area contributed by atoms with E-state index in [0.29, 0.717) is 21.5 Å². The van der Waals surface area contributed by atoms with Gasteiger partial charge >= 0.3 is 0 Å². The fourth-order valence-corrected chi connectivity index (χ4v) is 3.87. The highest BCUT2D eigenvalue weighted by molar-refractivity contribution is 9.12. The van der Waals surface area contributed by atoms with E-state index in [0.717, 1.165) is 31.2 Å². The zero-order valence-electron chi connectivity index (χ0n) is 10.9. The first-order valence-corrected chi connectivity index (χ1v) is 8.55. The van der Waals surface area contributed by atoms with Gasteiger partial charge in [0.25, 0.3) is 0 Å². The van der Waals surface area contributed by atoms with E-state index in [-0.39, 0.29) is 0 Å². The number of halogens is 4. The minimum Gasteiger partial charge on any atom is -0.204 e. The first-order valence-electron chi connectivity index (χ1n) is 6.72. The van der Waals surface area contributed by atoms with Gasteiger partial charge in [-0.1, -0.05) is 44.8 Å². The summed E-state index contributed by atoms with van der Waals surface area (Å²) in [6.07, 6.45) is 4.38. The van der Waals surface area contributed by atoms with Crippen molar-refractivity contribution >= 4 is 31.9 Å². The lowest BCUT2D eigenvalue weighted by atomic mass is 9.77. The number of hydrogen-bond acceptors (Lipinski definition) is 0. The van der Waals surface area contributed by atoms with Crippen LogP contribution in [-0.2, 0) is 0 Å². The van der Waals surface area contributed by atoms with Crippen LogP contribution in [0.15, 0.2) is 18.2 Å². The highest BCUT2D eigenvalue weighted by Crippen LogP contribution is 2.40. The molecule has 2 rings (SSSR count). The van der Waals surface area contributed by atoms with Crippen LogP contribution < -0.4 is 0 Å². The molecule has 4 heteroatoms. The molecule has 1 fully saturated rings. The third kappa shape index (κ3) is 3.78. The Morgan fingerprint density at radius 2 is 1.68 bits per heavy atom. The topological polar surface area (TPSA) is 0 Å². The third-order valence-corrected chi connectivity index (χ3v) is 6.90. The molecule has 0 spiro atoms. The number of benzene rings is 1. The fourth-order valence-electron chi connectivity index (χ4n) is 2.91. The van der Waals surface area contributed by atoms with E-state index in [9.17, 15) is 8.78 Å². The van der Waals surface area contributed by atoms with E-state index in [1.165, 1.54) is 12.1 Å². The Balaban J connectivity index is 1.98. The van der Waals surface area contributed by atoms with Crippen LogP contribution in [0.25, 0.3) is 0 Å². The van der Waals surface area contributed by atoms with Crippen LogP contribution in [0, 0.1) is 17.6 Å². The zero-order valence-corrected chi connectivity index (χ0v) is 14.1. The van der Waals surface area contributed by atoms with Gasteiger partial charge in [0, 0.05) is 9.65 Å². The van der Waals surface area contributed by atoms with Gasteiger partial charge in [0.15, 0.2) is 11.6 Å². The molecule has 1 aromatic carbocycles. The number of alkyl halides is 2. The van der Waals surface area contributed by atoms with Crippen molar-refractivity contribution in [3.63, 3.8) is 0 Å². The van der Waals surface area contributed by atoms with Crippen molar-refractivity contribution in [1.29, 1.82) is 0 Å². The lowest BCUT2D eigenvalue weighted by molar-refractivity contribution is 0.320. The molecule has 0 N–H and O–H groups in total. The lowest BCUT2D eigenvalue weighted by Crippen LogP contribution is -2.26. The molecule has 2 atom stereocenters. The van der Waals surface area contributed by atoms with E-state index in [1.54, 1.807) is 6.07 Å². The predicted molar refractivity (Wildman–Crippen MR) is 82.2 cm³/mol. The lowest BCUT2D eigenvalue weighted by Gasteiger charge is -2.32. The van der Waals surface area contributed by atoms with Crippen LogP contribution in [-0.4, -0.2) is 9.65 Å². The van der Waals surface area contributed by atoms with Gasteiger partial charge in [-0.3, -0.25) is 0 Å². The molecule has 0 saturated heterocycles. The Hall–Kier alpha value is 0.0400. The molecule has 106 valence electrons. The highest BCUT2D eigenvalue weighted by Gasteiger charge is 2.29. The Labute approximate surface area is 130 Å². The van der Waals surface area contributed by atoms with Gasteiger partial charge in [0.1, 0.15) is 0 Å². The van der Waals surface area contributed by atoms with Gasteiger partial charge in [0.2, 0.25) is 0 Å². The highest BCUT2D eigenvalue weighted by atomic mass is 79.9. The predicted octanol–water partition coefficient (Wildman–Crippen LogP) is 5.79. The quantitative estimate of drug-likeness (QED) is 0.568. The second-order valence-corrected chi connectivity index (χ2v) is 7.91. The molecule has 0 heterocycles. The standard InChI is InChI=1S/C15H18Br2F2/c1-9(16)15(17)11-4-2-10(3-5-11)12-6-7-13(18)14(19)8-12/h6-11,15H,2-5H2,1H3. The SMILES string of the molecule is CC(Br)C(Br)C1CCC(c2ccc(F)c(F)c2)CC1. The molecule has 19 heavy (non-hydrogen) atoms. The smallest absolute Gasteiger partial charge is 0.159 e. The van der Waals surface area contributed by atoms with Crippen molar-refractivity contribution in [2.45, 2.75) is 48.2 Å². The maximum atomic E-state index is 13.3. The third-order valence-electron chi connectivity index (χ3n) is 4.08. The van der Waals surface area contributed by atoms with Crippen molar-refractivity contribution in [3.05, 3.63) is 35.4 Å². The van der Waals surface area contributed by atoms with Crippen LogP contribution in [0.5, 0.6) is 0 Å². The van der Waals surface area contributed by atoms with Crippen molar-refractivity contribution in [2.75, 3.05) is 0 Å². The molecule has 0 bridgehead atoms. The molecule has 0 aromatic heterocycles. The number of rotatable bonds is 3. The molecule has 1 aliphatic rings. The van der Waals surface area contributed by atoms with Crippen molar-refractivity contribution < 1.29 is 8.78 Å². The summed E-state index contributed by atoms with van der Waals surface area (Å²) in [6.45, 7) is 2.15. The number of hydrogen-bond donors (Lipinski definition) is 0. The monoisotopic (exact) mass is 394 g/mol. The molecule has 0 aliphatic heterocycles. The largest absolute Gasteiger partial charge is 0.204 e. The van der Waals surface area contributed by atoms with Crippen LogP contribution in [0.1, 0.15) is 44.1 Å². The average molecular weight is 396 g/mol. The first kappa shape index (κ1) is 15.4. The van der Waals surface area contributed by atoms with Crippen molar-refractivity contribution in [3.8, 4) is 0 Å². The summed E-state index contributed by atoms with van der Waals surface area (Å²) >= 11 is 7.36. The van der Waals surface area contributed by atoms with Crippen molar-refractivity contribution in [1.82, 2.24) is 0 Å². The normalized spacial score (nSPS) is 27.0. The summed E-state index contributed by atoms with van der Waals surface area (Å²) in [5.41, 5.74) is 0.940. The summed E-state index contributed by atoms with van der Waals surface area (Å²) in [7, 11) is 0. The molecule has 0 radical (unpaired) electrons. The summed E-state index contributed by atoms with van der Waals surface area (Å²) in [4.78, 5) is 0.940. The molecule has 1 saturated carbocycles. The van der Waals surface area contributed by atoms with Gasteiger partial charge in [-0.15, -0.1) is 0 Å². The Bertz CT molecular complexity index is 426. The second-order valence-electron chi connectivity index (χ2n) is 5.41. The molecular weight excluding hydrogens is 378 g/mol. The zero-order chi connectivity index (χ0) is 14.0. The summed E-state index contributed by atoms with van der Waals surface area (Å²) in [5, 5.41) is 0. The van der Waals surface area contributed by atoms with E-state index in [1.807, 2.05) is 0 Å². The Morgan fingerprint density at radius 1 is 1.05 bits per heavy atom. The van der Waals surface area contributed by atoms with E-state index < -0.39 is 11.6 Å². The van der Waals surface area contributed by atoms with Gasteiger partial charge < -0.3 is 0 Å². The molecule has 0 nitrogen and oxygen atoms in total. The summed E-state index contributed by atoms with van der Waals surface area (Å²) in [5.74, 6) is -0.453. The van der Waals surface area contributed by atoms with Gasteiger partial charge in [0.05, 0.1) is 0 Å².